The lowest BCUT2D eigenvalue weighted by Crippen LogP contribution is -2.24. The van der Waals surface area contributed by atoms with E-state index in [4.69, 9.17) is 10.5 Å². The van der Waals surface area contributed by atoms with Crippen molar-refractivity contribution in [1.29, 1.82) is 0 Å². The largest absolute Gasteiger partial charge is 0.494 e. The van der Waals surface area contributed by atoms with Gasteiger partial charge in [0, 0.05) is 6.04 Å². The Morgan fingerprint density at radius 3 is 2.31 bits per heavy atom. The molecule has 0 aromatic heterocycles. The minimum Gasteiger partial charge on any atom is -0.494 e. The van der Waals surface area contributed by atoms with Gasteiger partial charge in [0.2, 0.25) is 0 Å². The maximum absolute atomic E-state index is 6.07. The second-order valence-corrected chi connectivity index (χ2v) is 4.67. The zero-order chi connectivity index (χ0) is 12.0. The first-order chi connectivity index (χ1) is 7.61. The van der Waals surface area contributed by atoms with Crippen LogP contribution in [0.3, 0.4) is 0 Å². The van der Waals surface area contributed by atoms with Crippen LogP contribution in [0.4, 0.5) is 0 Å². The van der Waals surface area contributed by atoms with Crippen molar-refractivity contribution in [2.75, 3.05) is 6.61 Å². The van der Waals surface area contributed by atoms with Crippen molar-refractivity contribution in [1.82, 2.24) is 0 Å². The zero-order valence-corrected chi connectivity index (χ0v) is 10.6. The van der Waals surface area contributed by atoms with E-state index < -0.39 is 0 Å². The normalized spacial score (nSPS) is 12.8. The molecule has 0 aliphatic carbocycles. The molecule has 90 valence electrons. The SMILES string of the molecule is CCOc1ccc(CC(N)CC(C)C)cc1. The summed E-state index contributed by atoms with van der Waals surface area (Å²) < 4.78 is 5.40. The first-order valence-corrected chi connectivity index (χ1v) is 6.09. The Morgan fingerprint density at radius 1 is 1.19 bits per heavy atom. The van der Waals surface area contributed by atoms with E-state index in [0.29, 0.717) is 12.5 Å². The highest BCUT2D eigenvalue weighted by Gasteiger charge is 2.06. The molecule has 2 N–H and O–H groups in total. The number of hydrogen-bond acceptors (Lipinski definition) is 2. The minimum absolute atomic E-state index is 0.262. The quantitative estimate of drug-likeness (QED) is 0.801. The van der Waals surface area contributed by atoms with E-state index in [1.807, 2.05) is 19.1 Å². The molecule has 1 rings (SSSR count). The molecule has 16 heavy (non-hydrogen) atoms. The number of nitrogens with two attached hydrogens (primary N) is 1. The van der Waals surface area contributed by atoms with Crippen molar-refractivity contribution in [2.45, 2.75) is 39.7 Å². The molecule has 0 bridgehead atoms. The van der Waals surface area contributed by atoms with Gasteiger partial charge in [-0.2, -0.15) is 0 Å². The van der Waals surface area contributed by atoms with Crippen molar-refractivity contribution in [3.8, 4) is 5.75 Å². The molecule has 0 saturated carbocycles. The predicted molar refractivity (Wildman–Crippen MR) is 68.7 cm³/mol. The Morgan fingerprint density at radius 2 is 1.81 bits per heavy atom. The molecular weight excluding hydrogens is 198 g/mol. The molecule has 1 aromatic rings. The summed E-state index contributed by atoms with van der Waals surface area (Å²) in [6.07, 6.45) is 2.03. The van der Waals surface area contributed by atoms with Gasteiger partial charge in [0.05, 0.1) is 6.61 Å². The molecular formula is C14H23NO. The van der Waals surface area contributed by atoms with Gasteiger partial charge in [0.25, 0.3) is 0 Å². The summed E-state index contributed by atoms with van der Waals surface area (Å²) in [5.41, 5.74) is 7.36. The maximum Gasteiger partial charge on any atom is 0.119 e. The molecule has 1 aromatic carbocycles. The first kappa shape index (κ1) is 13.0. The summed E-state index contributed by atoms with van der Waals surface area (Å²) in [5, 5.41) is 0. The third-order valence-corrected chi connectivity index (χ3v) is 2.51. The number of hydrogen-bond donors (Lipinski definition) is 1. The summed E-state index contributed by atoms with van der Waals surface area (Å²) >= 11 is 0. The number of benzene rings is 1. The molecule has 2 nitrogen and oxygen atoms in total. The molecule has 1 atom stereocenters. The van der Waals surface area contributed by atoms with Gasteiger partial charge >= 0.3 is 0 Å². The lowest BCUT2D eigenvalue weighted by molar-refractivity contribution is 0.340. The van der Waals surface area contributed by atoms with Gasteiger partial charge in [0.15, 0.2) is 0 Å². The van der Waals surface area contributed by atoms with E-state index in [9.17, 15) is 0 Å². The molecule has 2 heteroatoms. The van der Waals surface area contributed by atoms with E-state index in [-0.39, 0.29) is 6.04 Å². The maximum atomic E-state index is 6.07. The summed E-state index contributed by atoms with van der Waals surface area (Å²) in [7, 11) is 0. The first-order valence-electron chi connectivity index (χ1n) is 6.09. The van der Waals surface area contributed by atoms with E-state index in [1.165, 1.54) is 5.56 Å². The second kappa shape index (κ2) is 6.54. The molecule has 0 radical (unpaired) electrons. The molecule has 0 aliphatic heterocycles. The average Bonchev–Trinajstić information content (AvgIpc) is 2.20. The second-order valence-electron chi connectivity index (χ2n) is 4.67. The van der Waals surface area contributed by atoms with Crippen LogP contribution in [0, 0.1) is 5.92 Å². The van der Waals surface area contributed by atoms with Crippen LogP contribution in [-0.4, -0.2) is 12.6 Å². The molecule has 0 aliphatic rings. The van der Waals surface area contributed by atoms with Crippen molar-refractivity contribution in [3.05, 3.63) is 29.8 Å². The van der Waals surface area contributed by atoms with Crippen molar-refractivity contribution in [3.63, 3.8) is 0 Å². The van der Waals surface area contributed by atoms with Crippen molar-refractivity contribution < 1.29 is 4.74 Å². The monoisotopic (exact) mass is 221 g/mol. The van der Waals surface area contributed by atoms with Gasteiger partial charge in [-0.15, -0.1) is 0 Å². The van der Waals surface area contributed by atoms with Gasteiger partial charge in [-0.1, -0.05) is 26.0 Å². The standard InChI is InChI=1S/C14H23NO/c1-4-16-14-7-5-12(6-8-14)10-13(15)9-11(2)3/h5-8,11,13H,4,9-10,15H2,1-3H3. The molecule has 0 saturated heterocycles. The minimum atomic E-state index is 0.262. The van der Waals surface area contributed by atoms with Crippen LogP contribution in [0.1, 0.15) is 32.8 Å². The highest BCUT2D eigenvalue weighted by molar-refractivity contribution is 5.27. The van der Waals surface area contributed by atoms with Crippen molar-refractivity contribution >= 4 is 0 Å². The van der Waals surface area contributed by atoms with Gasteiger partial charge < -0.3 is 10.5 Å². The van der Waals surface area contributed by atoms with Crippen LogP contribution < -0.4 is 10.5 Å². The van der Waals surface area contributed by atoms with Crippen LogP contribution in [0.5, 0.6) is 5.75 Å². The Hall–Kier alpha value is -1.02. The highest BCUT2D eigenvalue weighted by atomic mass is 16.5. The number of ether oxygens (including phenoxy) is 1. The highest BCUT2D eigenvalue weighted by Crippen LogP contribution is 2.14. The Balaban J connectivity index is 2.48. The summed E-state index contributed by atoms with van der Waals surface area (Å²) in [6.45, 7) is 7.12. The predicted octanol–water partition coefficient (Wildman–Crippen LogP) is 3.00. The van der Waals surface area contributed by atoms with E-state index in [2.05, 4.69) is 26.0 Å². The molecule has 0 spiro atoms. The smallest absolute Gasteiger partial charge is 0.119 e. The van der Waals surface area contributed by atoms with Crippen LogP contribution in [0.15, 0.2) is 24.3 Å². The third kappa shape index (κ3) is 4.67. The van der Waals surface area contributed by atoms with Crippen LogP contribution in [-0.2, 0) is 6.42 Å². The third-order valence-electron chi connectivity index (χ3n) is 2.51. The van der Waals surface area contributed by atoms with Crippen molar-refractivity contribution in [2.24, 2.45) is 11.7 Å². The van der Waals surface area contributed by atoms with E-state index in [0.717, 1.165) is 18.6 Å². The fourth-order valence-electron chi connectivity index (χ4n) is 1.88. The fourth-order valence-corrected chi connectivity index (χ4v) is 1.88. The molecule has 0 amide bonds. The molecule has 0 fully saturated rings. The van der Waals surface area contributed by atoms with Crippen LogP contribution >= 0.6 is 0 Å². The van der Waals surface area contributed by atoms with Gasteiger partial charge in [0.1, 0.15) is 5.75 Å². The topological polar surface area (TPSA) is 35.2 Å². The van der Waals surface area contributed by atoms with Gasteiger partial charge in [-0.25, -0.2) is 0 Å². The Labute approximate surface area is 98.8 Å². The van der Waals surface area contributed by atoms with Crippen LogP contribution in [0.25, 0.3) is 0 Å². The van der Waals surface area contributed by atoms with Gasteiger partial charge in [-0.3, -0.25) is 0 Å². The van der Waals surface area contributed by atoms with E-state index in [1.54, 1.807) is 0 Å². The van der Waals surface area contributed by atoms with Crippen LogP contribution in [0.2, 0.25) is 0 Å². The fraction of sp³-hybridized carbons (Fsp3) is 0.571. The summed E-state index contributed by atoms with van der Waals surface area (Å²) in [5.74, 6) is 1.60. The molecule has 1 unspecified atom stereocenters. The van der Waals surface area contributed by atoms with Gasteiger partial charge in [-0.05, 0) is 43.4 Å². The summed E-state index contributed by atoms with van der Waals surface area (Å²) in [6, 6.07) is 8.50. The zero-order valence-electron chi connectivity index (χ0n) is 10.6. The summed E-state index contributed by atoms with van der Waals surface area (Å²) in [4.78, 5) is 0. The molecule has 0 heterocycles. The lowest BCUT2D eigenvalue weighted by Gasteiger charge is -2.14. The average molecular weight is 221 g/mol. The Kier molecular flexibility index (Phi) is 5.33. The lowest BCUT2D eigenvalue weighted by atomic mass is 9.98. The Bertz CT molecular complexity index is 292. The number of rotatable bonds is 6. The van der Waals surface area contributed by atoms with E-state index >= 15 is 0 Å².